The lowest BCUT2D eigenvalue weighted by molar-refractivity contribution is -0.142. The lowest BCUT2D eigenvalue weighted by Gasteiger charge is -2.41. The molecule has 10 heteroatoms. The highest BCUT2D eigenvalue weighted by molar-refractivity contribution is 5.97. The molecule has 252 valence electrons. The standard InChI is InChI=1S/C34H61N5O5/c1-23(2)28(22-25(5)32(43)39-20-15-17-26(39)30(41)35-18-12-10-14-21-40)37(9)33(44)29(34(6,7)8)36-31(42)27-16-11-13-19-38(27)24(3)4/h22-24,26-29,40H,10-21H2,1-9H3,(H,35,41)(H,36,42)/b25-22+/t26-,27+,28?,29+/m0/s1. The highest BCUT2D eigenvalue weighted by atomic mass is 16.3. The number of carbonyl (C=O) groups is 4. The predicted molar refractivity (Wildman–Crippen MR) is 175 cm³/mol. The van der Waals surface area contributed by atoms with Gasteiger partial charge < -0.3 is 25.5 Å². The molecule has 0 aromatic carbocycles. The minimum Gasteiger partial charge on any atom is -0.396 e. The van der Waals surface area contributed by atoms with Crippen molar-refractivity contribution in [2.75, 3.05) is 33.3 Å². The summed E-state index contributed by atoms with van der Waals surface area (Å²) in [4.78, 5) is 59.7. The summed E-state index contributed by atoms with van der Waals surface area (Å²) in [7, 11) is 1.75. The number of unbranched alkanes of at least 4 members (excludes halogenated alkanes) is 2. The lowest BCUT2D eigenvalue weighted by Crippen LogP contribution is -2.60. The number of hydrogen-bond acceptors (Lipinski definition) is 6. The Hall–Kier alpha value is -2.46. The molecule has 44 heavy (non-hydrogen) atoms. The summed E-state index contributed by atoms with van der Waals surface area (Å²) < 4.78 is 0. The topological polar surface area (TPSA) is 122 Å². The van der Waals surface area contributed by atoms with Gasteiger partial charge in [-0.1, -0.05) is 47.1 Å². The molecule has 0 spiro atoms. The van der Waals surface area contributed by atoms with Crippen molar-refractivity contribution in [3.8, 4) is 0 Å². The first kappa shape index (κ1) is 37.7. The van der Waals surface area contributed by atoms with Crippen LogP contribution in [0.4, 0.5) is 0 Å². The number of likely N-dealkylation sites (tertiary alicyclic amines) is 2. The summed E-state index contributed by atoms with van der Waals surface area (Å²) in [5.41, 5.74) is -0.0278. The molecule has 0 saturated carbocycles. The van der Waals surface area contributed by atoms with Crippen LogP contribution in [0.25, 0.3) is 0 Å². The number of nitrogens with zero attached hydrogens (tertiary/aromatic N) is 3. The van der Waals surface area contributed by atoms with Crippen LogP contribution in [0, 0.1) is 11.3 Å². The van der Waals surface area contributed by atoms with E-state index in [9.17, 15) is 19.2 Å². The molecular weight excluding hydrogens is 558 g/mol. The predicted octanol–water partition coefficient (Wildman–Crippen LogP) is 3.48. The molecule has 4 amide bonds. The summed E-state index contributed by atoms with van der Waals surface area (Å²) in [6.07, 6.45) is 8.40. The fourth-order valence-corrected chi connectivity index (χ4v) is 6.42. The smallest absolute Gasteiger partial charge is 0.249 e. The summed E-state index contributed by atoms with van der Waals surface area (Å²) in [6.45, 7) is 17.9. The monoisotopic (exact) mass is 619 g/mol. The Balaban J connectivity index is 2.19. The van der Waals surface area contributed by atoms with E-state index in [-0.39, 0.29) is 54.3 Å². The molecule has 2 saturated heterocycles. The van der Waals surface area contributed by atoms with Crippen LogP contribution in [0.1, 0.15) is 107 Å². The van der Waals surface area contributed by atoms with Crippen LogP contribution in [-0.2, 0) is 19.2 Å². The molecule has 2 rings (SSSR count). The van der Waals surface area contributed by atoms with E-state index in [4.69, 9.17) is 5.11 Å². The average molecular weight is 620 g/mol. The summed E-state index contributed by atoms with van der Waals surface area (Å²) in [6, 6.07) is -1.63. The Labute approximate surface area is 266 Å². The van der Waals surface area contributed by atoms with E-state index in [1.165, 1.54) is 0 Å². The zero-order chi connectivity index (χ0) is 33.2. The molecule has 0 aromatic rings. The number of nitrogens with one attached hydrogen (secondary N) is 2. The van der Waals surface area contributed by atoms with Gasteiger partial charge in [0.05, 0.1) is 12.1 Å². The molecule has 3 N–H and O–H groups in total. The third-order valence-electron chi connectivity index (χ3n) is 9.10. The van der Waals surface area contributed by atoms with Gasteiger partial charge in [0.1, 0.15) is 12.1 Å². The molecule has 4 atom stereocenters. The molecule has 0 bridgehead atoms. The van der Waals surface area contributed by atoms with Crippen LogP contribution in [0.2, 0.25) is 0 Å². The van der Waals surface area contributed by atoms with Crippen molar-refractivity contribution in [1.82, 2.24) is 25.3 Å². The first-order valence-corrected chi connectivity index (χ1v) is 16.8. The number of piperidine rings is 1. The molecule has 0 aromatic heterocycles. The third kappa shape index (κ3) is 10.3. The van der Waals surface area contributed by atoms with Gasteiger partial charge in [-0.05, 0) is 83.6 Å². The second-order valence-electron chi connectivity index (χ2n) is 14.4. The molecule has 2 aliphatic heterocycles. The Morgan fingerprint density at radius 3 is 2.18 bits per heavy atom. The number of aliphatic hydroxyl groups is 1. The number of rotatable bonds is 14. The van der Waals surface area contributed by atoms with Crippen LogP contribution >= 0.6 is 0 Å². The minimum atomic E-state index is -0.731. The molecule has 0 aliphatic carbocycles. The average Bonchev–Trinajstić information content (AvgIpc) is 3.46. The molecule has 0 radical (unpaired) electrons. The minimum absolute atomic E-state index is 0.00870. The first-order chi connectivity index (χ1) is 20.6. The zero-order valence-corrected chi connectivity index (χ0v) is 28.9. The van der Waals surface area contributed by atoms with Gasteiger partial charge in [0.15, 0.2) is 0 Å². The van der Waals surface area contributed by atoms with Crippen molar-refractivity contribution in [2.45, 2.75) is 137 Å². The molecule has 10 nitrogen and oxygen atoms in total. The van der Waals surface area contributed by atoms with Crippen molar-refractivity contribution >= 4 is 23.6 Å². The maximum absolute atomic E-state index is 14.1. The number of amides is 4. The van der Waals surface area contributed by atoms with Gasteiger partial charge in [-0.15, -0.1) is 0 Å². The number of hydrogen-bond donors (Lipinski definition) is 3. The number of likely N-dealkylation sites (N-methyl/N-ethyl adjacent to an activating group) is 1. The van der Waals surface area contributed by atoms with E-state index in [0.29, 0.717) is 31.5 Å². The Morgan fingerprint density at radius 2 is 1.59 bits per heavy atom. The van der Waals surface area contributed by atoms with E-state index in [2.05, 4.69) is 29.4 Å². The van der Waals surface area contributed by atoms with Crippen LogP contribution in [0.15, 0.2) is 11.6 Å². The second-order valence-corrected chi connectivity index (χ2v) is 14.4. The fourth-order valence-electron chi connectivity index (χ4n) is 6.42. The molecular formula is C34H61N5O5. The van der Waals surface area contributed by atoms with E-state index in [1.54, 1.807) is 23.8 Å². The maximum Gasteiger partial charge on any atom is 0.249 e. The molecule has 2 fully saturated rings. The fraction of sp³-hybridized carbons (Fsp3) is 0.824. The van der Waals surface area contributed by atoms with Gasteiger partial charge in [-0.25, -0.2) is 0 Å². The third-order valence-corrected chi connectivity index (χ3v) is 9.10. The van der Waals surface area contributed by atoms with E-state index < -0.39 is 17.5 Å². The van der Waals surface area contributed by atoms with Crippen LogP contribution in [0.5, 0.6) is 0 Å². The number of aliphatic hydroxyl groups excluding tert-OH is 1. The lowest BCUT2D eigenvalue weighted by atomic mass is 9.84. The summed E-state index contributed by atoms with van der Waals surface area (Å²) in [5, 5.41) is 15.0. The SMILES string of the molecule is C/C(=C\C(C(C)C)N(C)C(=O)[C@@H](NC(=O)[C@H]1CCCCN1C(C)C)C(C)(C)C)C(=O)N1CCC[C@H]1C(=O)NCCCCCO. The quantitative estimate of drug-likeness (QED) is 0.202. The highest BCUT2D eigenvalue weighted by Crippen LogP contribution is 2.27. The summed E-state index contributed by atoms with van der Waals surface area (Å²) >= 11 is 0. The normalized spacial score (nSPS) is 21.4. The molecule has 2 heterocycles. The van der Waals surface area contributed by atoms with Gasteiger partial charge >= 0.3 is 0 Å². The van der Waals surface area contributed by atoms with E-state index in [1.807, 2.05) is 40.7 Å². The Morgan fingerprint density at radius 1 is 0.932 bits per heavy atom. The number of carbonyl (C=O) groups excluding carboxylic acids is 4. The maximum atomic E-state index is 14.1. The zero-order valence-electron chi connectivity index (χ0n) is 28.9. The van der Waals surface area contributed by atoms with E-state index >= 15 is 0 Å². The molecule has 2 aliphatic rings. The van der Waals surface area contributed by atoms with Gasteiger partial charge in [0.25, 0.3) is 0 Å². The van der Waals surface area contributed by atoms with Gasteiger partial charge in [-0.3, -0.25) is 24.1 Å². The van der Waals surface area contributed by atoms with E-state index in [0.717, 1.165) is 45.1 Å². The van der Waals surface area contributed by atoms with Crippen molar-refractivity contribution < 1.29 is 24.3 Å². The van der Waals surface area contributed by atoms with Crippen LogP contribution in [-0.4, -0.2) is 107 Å². The van der Waals surface area contributed by atoms with Gasteiger partial charge in [0.2, 0.25) is 23.6 Å². The Bertz CT molecular complexity index is 1000. The van der Waals surface area contributed by atoms with Crippen LogP contribution < -0.4 is 10.6 Å². The van der Waals surface area contributed by atoms with Crippen molar-refractivity contribution in [3.63, 3.8) is 0 Å². The molecule has 1 unspecified atom stereocenters. The van der Waals surface area contributed by atoms with Crippen molar-refractivity contribution in [3.05, 3.63) is 11.6 Å². The second kappa shape index (κ2) is 17.3. The highest BCUT2D eigenvalue weighted by Gasteiger charge is 2.40. The summed E-state index contributed by atoms with van der Waals surface area (Å²) in [5.74, 6) is -0.615. The Kier molecular flexibility index (Phi) is 14.8. The van der Waals surface area contributed by atoms with Crippen molar-refractivity contribution in [2.24, 2.45) is 11.3 Å². The van der Waals surface area contributed by atoms with Crippen LogP contribution in [0.3, 0.4) is 0 Å². The van der Waals surface area contributed by atoms with Gasteiger partial charge in [-0.2, -0.15) is 0 Å². The first-order valence-electron chi connectivity index (χ1n) is 16.8. The largest absolute Gasteiger partial charge is 0.396 e. The van der Waals surface area contributed by atoms with Crippen molar-refractivity contribution in [1.29, 1.82) is 0 Å². The van der Waals surface area contributed by atoms with Gasteiger partial charge in [0, 0.05) is 38.4 Å².